The minimum absolute atomic E-state index is 0.676. The van der Waals surface area contributed by atoms with Gasteiger partial charge in [0.2, 0.25) is 0 Å². The lowest BCUT2D eigenvalue weighted by molar-refractivity contribution is 0.992. The predicted octanol–water partition coefficient (Wildman–Crippen LogP) is 4.52. The van der Waals surface area contributed by atoms with Gasteiger partial charge in [-0.05, 0) is 29.3 Å². The summed E-state index contributed by atoms with van der Waals surface area (Å²) >= 11 is 0. The normalized spacial score (nSPS) is 10.5. The summed E-state index contributed by atoms with van der Waals surface area (Å²) in [5.74, 6) is 0.924. The van der Waals surface area contributed by atoms with Crippen molar-refractivity contribution in [2.24, 2.45) is 0 Å². The maximum Gasteiger partial charge on any atom is 0.110 e. The molecule has 2 aromatic carbocycles. The van der Waals surface area contributed by atoms with Crippen molar-refractivity contribution in [3.05, 3.63) is 107 Å². The molecule has 0 aliphatic heterocycles. The zero-order valence-corrected chi connectivity index (χ0v) is 14.8. The number of aromatic amines is 1. The van der Waals surface area contributed by atoms with E-state index in [1.54, 1.807) is 0 Å². The Morgan fingerprint density at radius 1 is 0.778 bits per heavy atom. The lowest BCUT2D eigenvalue weighted by Crippen LogP contribution is -1.94. The lowest BCUT2D eigenvalue weighted by Gasteiger charge is -2.03. The summed E-state index contributed by atoms with van der Waals surface area (Å²) in [7, 11) is 0. The fourth-order valence-electron chi connectivity index (χ4n) is 3.00. The number of nitrogens with zero attached hydrogens (tertiary/aromatic N) is 3. The van der Waals surface area contributed by atoms with Crippen LogP contribution in [0, 0.1) is 11.3 Å². The van der Waals surface area contributed by atoms with Crippen molar-refractivity contribution in [3.63, 3.8) is 0 Å². The smallest absolute Gasteiger partial charge is 0.110 e. The summed E-state index contributed by atoms with van der Waals surface area (Å²) in [6.07, 6.45) is 5.27. The summed E-state index contributed by atoms with van der Waals surface area (Å²) in [6, 6.07) is 24.1. The highest BCUT2D eigenvalue weighted by atomic mass is 14.9. The summed E-state index contributed by atoms with van der Waals surface area (Å²) in [5.41, 5.74) is 6.10. The molecule has 27 heavy (non-hydrogen) atoms. The maximum atomic E-state index is 8.87. The molecule has 2 aromatic heterocycles. The summed E-state index contributed by atoms with van der Waals surface area (Å²) in [5, 5.41) is 8.87. The van der Waals surface area contributed by atoms with Gasteiger partial charge in [0.15, 0.2) is 0 Å². The molecule has 0 saturated heterocycles. The van der Waals surface area contributed by atoms with Crippen LogP contribution in [0.15, 0.2) is 79.1 Å². The molecular formula is C23H18N4. The molecule has 0 amide bonds. The molecule has 0 bridgehead atoms. The molecule has 4 nitrogen and oxygen atoms in total. The van der Waals surface area contributed by atoms with Gasteiger partial charge in [0.1, 0.15) is 5.82 Å². The highest BCUT2D eigenvalue weighted by Crippen LogP contribution is 2.17. The number of hydrogen-bond donors (Lipinski definition) is 1. The van der Waals surface area contributed by atoms with Crippen molar-refractivity contribution < 1.29 is 0 Å². The Bertz CT molecular complexity index is 1060. The van der Waals surface area contributed by atoms with Crippen LogP contribution in [-0.4, -0.2) is 15.0 Å². The predicted molar refractivity (Wildman–Crippen MR) is 105 cm³/mol. The molecule has 130 valence electrons. The third-order valence-electron chi connectivity index (χ3n) is 4.42. The van der Waals surface area contributed by atoms with E-state index in [1.807, 2.05) is 60.9 Å². The number of nitriles is 1. The maximum absolute atomic E-state index is 8.87. The molecule has 0 aliphatic carbocycles. The van der Waals surface area contributed by atoms with E-state index in [9.17, 15) is 0 Å². The average Bonchev–Trinajstić information content (AvgIpc) is 3.16. The van der Waals surface area contributed by atoms with Crippen molar-refractivity contribution >= 4 is 0 Å². The first kappa shape index (κ1) is 16.7. The van der Waals surface area contributed by atoms with Crippen LogP contribution in [0.25, 0.3) is 11.3 Å². The highest BCUT2D eigenvalue weighted by molar-refractivity contribution is 5.58. The fourth-order valence-corrected chi connectivity index (χ4v) is 3.00. The monoisotopic (exact) mass is 350 g/mol. The van der Waals surface area contributed by atoms with Crippen molar-refractivity contribution in [3.8, 4) is 17.3 Å². The number of H-pyrrole nitrogens is 1. The molecule has 1 N–H and O–H groups in total. The van der Waals surface area contributed by atoms with Gasteiger partial charge in [0, 0.05) is 36.5 Å². The highest BCUT2D eigenvalue weighted by Gasteiger charge is 2.05. The van der Waals surface area contributed by atoms with Crippen LogP contribution in [0.5, 0.6) is 0 Å². The van der Waals surface area contributed by atoms with E-state index in [4.69, 9.17) is 5.26 Å². The van der Waals surface area contributed by atoms with Crippen LogP contribution < -0.4 is 0 Å². The lowest BCUT2D eigenvalue weighted by atomic mass is 10.1. The Hall–Kier alpha value is -3.71. The first-order valence-corrected chi connectivity index (χ1v) is 8.82. The van der Waals surface area contributed by atoms with Crippen molar-refractivity contribution in [1.82, 2.24) is 15.0 Å². The zero-order valence-electron chi connectivity index (χ0n) is 14.8. The minimum Gasteiger partial charge on any atom is -0.345 e. The summed E-state index contributed by atoms with van der Waals surface area (Å²) in [4.78, 5) is 12.4. The van der Waals surface area contributed by atoms with E-state index in [0.29, 0.717) is 5.56 Å². The molecule has 0 fully saturated rings. The fraction of sp³-hybridized carbons (Fsp3) is 0.0870. The molecule has 0 radical (unpaired) electrons. The van der Waals surface area contributed by atoms with Crippen molar-refractivity contribution in [2.75, 3.05) is 0 Å². The number of imidazole rings is 1. The second-order valence-electron chi connectivity index (χ2n) is 6.44. The van der Waals surface area contributed by atoms with Crippen LogP contribution in [0.2, 0.25) is 0 Å². The van der Waals surface area contributed by atoms with E-state index in [1.165, 1.54) is 0 Å². The van der Waals surface area contributed by atoms with Gasteiger partial charge in [0.25, 0.3) is 0 Å². The molecule has 0 saturated carbocycles. The second-order valence-corrected chi connectivity index (χ2v) is 6.44. The van der Waals surface area contributed by atoms with Gasteiger partial charge in [0.05, 0.1) is 17.3 Å². The van der Waals surface area contributed by atoms with E-state index in [0.717, 1.165) is 46.7 Å². The van der Waals surface area contributed by atoms with Crippen LogP contribution in [-0.2, 0) is 12.8 Å². The molecule has 4 heteroatoms. The van der Waals surface area contributed by atoms with Gasteiger partial charge >= 0.3 is 0 Å². The van der Waals surface area contributed by atoms with E-state index >= 15 is 0 Å². The average molecular weight is 350 g/mol. The van der Waals surface area contributed by atoms with E-state index in [-0.39, 0.29) is 0 Å². The Balaban J connectivity index is 1.42. The SMILES string of the molecule is N#Cc1ccc(Cc2cnc(Cc3ccc(-c4ccccc4)nc3)[nH]2)cc1. The van der Waals surface area contributed by atoms with Gasteiger partial charge in [-0.15, -0.1) is 0 Å². The Morgan fingerprint density at radius 3 is 2.26 bits per heavy atom. The molecule has 4 rings (SSSR count). The topological polar surface area (TPSA) is 65.4 Å². The van der Waals surface area contributed by atoms with Crippen LogP contribution in [0.4, 0.5) is 0 Å². The molecular weight excluding hydrogens is 332 g/mol. The van der Waals surface area contributed by atoms with E-state index < -0.39 is 0 Å². The van der Waals surface area contributed by atoms with Gasteiger partial charge in [-0.1, -0.05) is 48.5 Å². The van der Waals surface area contributed by atoms with E-state index in [2.05, 4.69) is 39.2 Å². The largest absolute Gasteiger partial charge is 0.345 e. The molecule has 4 aromatic rings. The third kappa shape index (κ3) is 4.10. The first-order valence-electron chi connectivity index (χ1n) is 8.82. The Kier molecular flexibility index (Phi) is 4.76. The zero-order chi connectivity index (χ0) is 18.5. The van der Waals surface area contributed by atoms with Crippen LogP contribution >= 0.6 is 0 Å². The number of hydrogen-bond acceptors (Lipinski definition) is 3. The molecule has 0 unspecified atom stereocenters. The quantitative estimate of drug-likeness (QED) is 0.575. The summed E-state index contributed by atoms with van der Waals surface area (Å²) in [6.45, 7) is 0. The minimum atomic E-state index is 0.676. The number of benzene rings is 2. The van der Waals surface area contributed by atoms with Crippen molar-refractivity contribution in [2.45, 2.75) is 12.8 Å². The second kappa shape index (κ2) is 7.67. The number of aromatic nitrogens is 3. The van der Waals surface area contributed by atoms with Gasteiger partial charge in [-0.2, -0.15) is 5.26 Å². The van der Waals surface area contributed by atoms with Crippen molar-refractivity contribution in [1.29, 1.82) is 5.26 Å². The number of nitrogens with one attached hydrogen (secondary N) is 1. The Labute approximate surface area is 158 Å². The number of rotatable bonds is 5. The van der Waals surface area contributed by atoms with Gasteiger partial charge in [-0.3, -0.25) is 4.98 Å². The molecule has 0 spiro atoms. The number of pyridine rings is 1. The summed E-state index contributed by atoms with van der Waals surface area (Å²) < 4.78 is 0. The van der Waals surface area contributed by atoms with Crippen LogP contribution in [0.3, 0.4) is 0 Å². The molecule has 0 atom stereocenters. The van der Waals surface area contributed by atoms with Gasteiger partial charge in [-0.25, -0.2) is 4.98 Å². The molecule has 0 aliphatic rings. The Morgan fingerprint density at radius 2 is 1.56 bits per heavy atom. The standard InChI is InChI=1S/C23H18N4/c24-14-18-8-6-17(7-9-18)12-21-16-26-23(27-21)13-19-10-11-22(25-15-19)20-4-2-1-3-5-20/h1-11,15-16H,12-13H2,(H,26,27). The molecule has 2 heterocycles. The third-order valence-corrected chi connectivity index (χ3v) is 4.42. The van der Waals surface area contributed by atoms with Crippen LogP contribution in [0.1, 0.15) is 28.2 Å². The van der Waals surface area contributed by atoms with Gasteiger partial charge < -0.3 is 4.98 Å². The first-order chi connectivity index (χ1) is 13.3.